The number of hydrogen-bond donors (Lipinski definition) is 1. The summed E-state index contributed by atoms with van der Waals surface area (Å²) >= 11 is 1.69. The molecule has 148 valence electrons. The molecule has 0 aliphatic rings. The van der Waals surface area contributed by atoms with E-state index in [0.717, 1.165) is 35.7 Å². The van der Waals surface area contributed by atoms with Gasteiger partial charge in [0.25, 0.3) is 5.91 Å². The summed E-state index contributed by atoms with van der Waals surface area (Å²) < 4.78 is 1.76. The van der Waals surface area contributed by atoms with Crippen LogP contribution in [0.4, 0.5) is 0 Å². The van der Waals surface area contributed by atoms with Gasteiger partial charge in [-0.25, -0.2) is 14.6 Å². The van der Waals surface area contributed by atoms with Crippen molar-refractivity contribution in [2.75, 3.05) is 6.54 Å². The molecule has 0 atom stereocenters. The number of benzene rings is 1. The zero-order chi connectivity index (χ0) is 20.1. The van der Waals surface area contributed by atoms with E-state index in [0.29, 0.717) is 18.3 Å². The Balaban J connectivity index is 1.57. The Kier molecular flexibility index (Phi) is 6.57. The van der Waals surface area contributed by atoms with Crippen LogP contribution < -0.4 is 5.32 Å². The predicted octanol–water partition coefficient (Wildman–Crippen LogP) is 4.22. The van der Waals surface area contributed by atoms with Crippen molar-refractivity contribution < 1.29 is 4.79 Å². The molecule has 0 saturated carbocycles. The van der Waals surface area contributed by atoms with Crippen LogP contribution in [0, 0.1) is 13.8 Å². The molecule has 0 fully saturated rings. The predicted molar refractivity (Wildman–Crippen MR) is 112 cm³/mol. The molecule has 0 spiro atoms. The Morgan fingerprint density at radius 3 is 2.68 bits per heavy atom. The van der Waals surface area contributed by atoms with Crippen LogP contribution in [0.2, 0.25) is 0 Å². The first-order chi connectivity index (χ1) is 13.5. The summed E-state index contributed by atoms with van der Waals surface area (Å²) in [5.74, 6) is 1.05. The van der Waals surface area contributed by atoms with Gasteiger partial charge in [-0.15, -0.1) is 16.4 Å². The highest BCUT2D eigenvalue weighted by atomic mass is 32.1. The Bertz CT molecular complexity index is 944. The molecule has 0 aliphatic heterocycles. The van der Waals surface area contributed by atoms with E-state index in [4.69, 9.17) is 0 Å². The lowest BCUT2D eigenvalue weighted by Crippen LogP contribution is -2.25. The molecule has 0 radical (unpaired) electrons. The molecule has 1 aromatic carbocycles. The molecule has 1 N–H and O–H groups in total. The Labute approximate surface area is 170 Å². The quantitative estimate of drug-likeness (QED) is 0.578. The van der Waals surface area contributed by atoms with Gasteiger partial charge in [-0.1, -0.05) is 32.0 Å². The molecule has 6 nitrogen and oxygen atoms in total. The van der Waals surface area contributed by atoms with Gasteiger partial charge in [0.05, 0.1) is 10.7 Å². The molecule has 3 rings (SSSR count). The smallest absolute Gasteiger partial charge is 0.290 e. The van der Waals surface area contributed by atoms with Crippen LogP contribution in [-0.2, 0) is 6.42 Å². The first-order valence-electron chi connectivity index (χ1n) is 9.68. The van der Waals surface area contributed by atoms with Crippen LogP contribution in [0.5, 0.6) is 0 Å². The lowest BCUT2D eigenvalue weighted by atomic mass is 10.0. The van der Waals surface area contributed by atoms with Gasteiger partial charge in [0, 0.05) is 17.6 Å². The Morgan fingerprint density at radius 2 is 1.96 bits per heavy atom. The van der Waals surface area contributed by atoms with Crippen LogP contribution in [0.25, 0.3) is 5.69 Å². The monoisotopic (exact) mass is 397 g/mol. The highest BCUT2D eigenvalue weighted by Gasteiger charge is 2.17. The van der Waals surface area contributed by atoms with Gasteiger partial charge in [0.2, 0.25) is 5.82 Å². The van der Waals surface area contributed by atoms with Crippen molar-refractivity contribution in [3.63, 3.8) is 0 Å². The first-order valence-corrected chi connectivity index (χ1v) is 10.6. The molecule has 0 bridgehead atoms. The minimum absolute atomic E-state index is 0.214. The van der Waals surface area contributed by atoms with Crippen molar-refractivity contribution in [2.24, 2.45) is 0 Å². The molecular formula is C21H27N5OS. The number of para-hydroxylation sites is 1. The van der Waals surface area contributed by atoms with Crippen LogP contribution in [0.3, 0.4) is 0 Å². The van der Waals surface area contributed by atoms with E-state index in [1.807, 2.05) is 32.0 Å². The van der Waals surface area contributed by atoms with E-state index < -0.39 is 0 Å². The fourth-order valence-corrected chi connectivity index (χ4v) is 3.90. The van der Waals surface area contributed by atoms with Gasteiger partial charge in [0.15, 0.2) is 0 Å². The summed E-state index contributed by atoms with van der Waals surface area (Å²) in [5, 5.41) is 10.6. The number of thiazole rings is 1. The summed E-state index contributed by atoms with van der Waals surface area (Å²) in [7, 11) is 0. The van der Waals surface area contributed by atoms with Crippen molar-refractivity contribution >= 4 is 17.2 Å². The van der Waals surface area contributed by atoms with E-state index >= 15 is 0 Å². The van der Waals surface area contributed by atoms with E-state index in [1.165, 1.54) is 5.56 Å². The third-order valence-electron chi connectivity index (χ3n) is 4.53. The zero-order valence-electron chi connectivity index (χ0n) is 16.9. The van der Waals surface area contributed by atoms with Crippen molar-refractivity contribution in [3.05, 3.63) is 57.6 Å². The lowest BCUT2D eigenvalue weighted by Gasteiger charge is -2.12. The number of carbonyl (C=O) groups is 1. The molecular weight excluding hydrogens is 370 g/mol. The van der Waals surface area contributed by atoms with Crippen LogP contribution in [0.1, 0.15) is 65.3 Å². The fourth-order valence-electron chi connectivity index (χ4n) is 3.08. The number of nitrogens with one attached hydrogen (secondary N) is 1. The maximum absolute atomic E-state index is 12.4. The van der Waals surface area contributed by atoms with E-state index in [-0.39, 0.29) is 11.7 Å². The number of nitrogens with zero attached hydrogens (tertiary/aromatic N) is 4. The Hall–Kier alpha value is -2.54. The molecule has 3 aromatic rings. The van der Waals surface area contributed by atoms with E-state index in [1.54, 1.807) is 16.0 Å². The van der Waals surface area contributed by atoms with Crippen molar-refractivity contribution in [1.82, 2.24) is 25.1 Å². The Morgan fingerprint density at radius 1 is 1.18 bits per heavy atom. The first kappa shape index (κ1) is 20.2. The number of hydrogen-bond acceptors (Lipinski definition) is 5. The molecule has 0 aliphatic carbocycles. The molecule has 28 heavy (non-hydrogen) atoms. The highest BCUT2D eigenvalue weighted by molar-refractivity contribution is 7.09. The van der Waals surface area contributed by atoms with E-state index in [9.17, 15) is 4.79 Å². The fraction of sp³-hybridized carbons (Fsp3) is 0.429. The largest absolute Gasteiger partial charge is 0.349 e. The summed E-state index contributed by atoms with van der Waals surface area (Å²) in [6, 6.07) is 8.10. The maximum Gasteiger partial charge on any atom is 0.290 e. The SMILES string of the molecule is Cc1csc(CCCCNC(=O)c2nc(C)n(-c3ccccc3C(C)C)n2)n1. The highest BCUT2D eigenvalue weighted by Crippen LogP contribution is 2.23. The number of aryl methyl sites for hydroxylation is 3. The van der Waals surface area contributed by atoms with Crippen molar-refractivity contribution in [2.45, 2.75) is 52.9 Å². The number of carbonyl (C=O) groups excluding carboxylic acids is 1. The van der Waals surface area contributed by atoms with Crippen LogP contribution >= 0.6 is 11.3 Å². The minimum Gasteiger partial charge on any atom is -0.349 e. The maximum atomic E-state index is 12.4. The van der Waals surface area contributed by atoms with Gasteiger partial charge in [-0.05, 0) is 50.7 Å². The average molecular weight is 398 g/mol. The second-order valence-electron chi connectivity index (χ2n) is 7.20. The molecule has 0 saturated heterocycles. The average Bonchev–Trinajstić information content (AvgIpc) is 3.26. The van der Waals surface area contributed by atoms with Gasteiger partial charge >= 0.3 is 0 Å². The summed E-state index contributed by atoms with van der Waals surface area (Å²) in [6.45, 7) is 8.78. The summed E-state index contributed by atoms with van der Waals surface area (Å²) in [6.07, 6.45) is 2.85. The minimum atomic E-state index is -0.228. The normalized spacial score (nSPS) is 11.2. The van der Waals surface area contributed by atoms with E-state index in [2.05, 4.69) is 45.7 Å². The molecule has 0 unspecified atom stereocenters. The number of rotatable bonds is 8. The molecule has 2 heterocycles. The van der Waals surface area contributed by atoms with Gasteiger partial charge in [-0.2, -0.15) is 0 Å². The number of aromatic nitrogens is 4. The third kappa shape index (κ3) is 4.84. The number of amides is 1. The molecule has 7 heteroatoms. The molecule has 1 amide bonds. The molecule has 2 aromatic heterocycles. The van der Waals surface area contributed by atoms with Crippen LogP contribution in [0.15, 0.2) is 29.6 Å². The van der Waals surface area contributed by atoms with Gasteiger partial charge in [0.1, 0.15) is 5.82 Å². The van der Waals surface area contributed by atoms with Gasteiger partial charge in [-0.3, -0.25) is 4.79 Å². The second-order valence-corrected chi connectivity index (χ2v) is 8.15. The van der Waals surface area contributed by atoms with Crippen LogP contribution in [-0.4, -0.2) is 32.2 Å². The third-order valence-corrected chi connectivity index (χ3v) is 5.55. The second kappa shape index (κ2) is 9.10. The lowest BCUT2D eigenvalue weighted by molar-refractivity contribution is 0.0942. The standard InChI is InChI=1S/C21H27N5OS/c1-14(2)17-9-5-6-10-18(17)26-16(4)24-20(25-26)21(27)22-12-8-7-11-19-23-15(3)13-28-19/h5-6,9-10,13-14H,7-8,11-12H2,1-4H3,(H,22,27). The number of unbranched alkanes of at least 4 members (excludes halogenated alkanes) is 1. The van der Waals surface area contributed by atoms with Crippen molar-refractivity contribution in [3.8, 4) is 5.69 Å². The zero-order valence-corrected chi connectivity index (χ0v) is 17.7. The van der Waals surface area contributed by atoms with Crippen molar-refractivity contribution in [1.29, 1.82) is 0 Å². The summed E-state index contributed by atoms with van der Waals surface area (Å²) in [5.41, 5.74) is 3.23. The summed E-state index contributed by atoms with van der Waals surface area (Å²) in [4.78, 5) is 21.3. The van der Waals surface area contributed by atoms with Gasteiger partial charge < -0.3 is 5.32 Å². The topological polar surface area (TPSA) is 72.7 Å².